The Labute approximate surface area is 214 Å². The smallest absolute Gasteiger partial charge is 0.339 e. The molecule has 0 bridgehead atoms. The van der Waals surface area contributed by atoms with Crippen molar-refractivity contribution in [2.24, 2.45) is 0 Å². The van der Waals surface area contributed by atoms with Gasteiger partial charge in [-0.05, 0) is 63.5 Å². The number of carbonyl (C=O) groups is 6. The van der Waals surface area contributed by atoms with Crippen LogP contribution < -0.4 is 0 Å². The molecule has 206 valence electrons. The zero-order valence-corrected chi connectivity index (χ0v) is 19.9. The maximum absolute atomic E-state index is 10.8. The van der Waals surface area contributed by atoms with E-state index in [2.05, 4.69) is 0 Å². The topological polar surface area (TPSA) is 249 Å². The van der Waals surface area contributed by atoms with E-state index in [1.807, 2.05) is 0 Å². The number of fused-ring (bicyclic) bond motifs is 2. The highest BCUT2D eigenvalue weighted by atomic mass is 16.7. The van der Waals surface area contributed by atoms with E-state index < -0.39 is 58.2 Å². The van der Waals surface area contributed by atoms with Crippen molar-refractivity contribution in [2.75, 3.05) is 0 Å². The lowest BCUT2D eigenvalue weighted by Crippen LogP contribution is -2.42. The van der Waals surface area contributed by atoms with Crippen LogP contribution in [0.5, 0.6) is 0 Å². The van der Waals surface area contributed by atoms with Crippen molar-refractivity contribution in [2.45, 2.75) is 73.8 Å². The fourth-order valence-corrected chi connectivity index (χ4v) is 5.20. The first-order chi connectivity index (χ1) is 17.7. The average Bonchev–Trinajstić information content (AvgIpc) is 3.75. The zero-order valence-electron chi connectivity index (χ0n) is 19.9. The van der Waals surface area contributed by atoms with Crippen LogP contribution in [0.25, 0.3) is 0 Å². The molecule has 0 aromatic heterocycles. The molecule has 6 N–H and O–H groups in total. The molecule has 4 atom stereocenters. The van der Waals surface area contributed by atoms with E-state index in [1.54, 1.807) is 0 Å². The summed E-state index contributed by atoms with van der Waals surface area (Å²) in [4.78, 5) is 64.3. The predicted octanol–water partition coefficient (Wildman–Crippen LogP) is 1.56. The van der Waals surface area contributed by atoms with Gasteiger partial charge in [0.2, 0.25) is 22.4 Å². The van der Waals surface area contributed by atoms with E-state index in [1.165, 1.54) is 24.3 Å². The number of hydrogen-bond donors (Lipinski definition) is 6. The summed E-state index contributed by atoms with van der Waals surface area (Å²) in [6.45, 7) is 0. The predicted molar refractivity (Wildman–Crippen MR) is 121 cm³/mol. The molecule has 4 aliphatic rings. The third-order valence-electron chi connectivity index (χ3n) is 7.30. The minimum atomic E-state index is -1.42. The van der Waals surface area contributed by atoms with Gasteiger partial charge in [-0.2, -0.15) is 0 Å². The largest absolute Gasteiger partial charge is 0.479 e. The first kappa shape index (κ1) is 28.5. The van der Waals surface area contributed by atoms with Crippen LogP contribution >= 0.6 is 0 Å². The van der Waals surface area contributed by atoms with Gasteiger partial charge in [0.15, 0.2) is 0 Å². The van der Waals surface area contributed by atoms with Gasteiger partial charge in [-0.3, -0.25) is 0 Å². The molecule has 0 amide bonds. The second kappa shape index (κ2) is 10.0. The summed E-state index contributed by atoms with van der Waals surface area (Å²) in [6.07, 6.45) is 4.15. The van der Waals surface area contributed by atoms with Gasteiger partial charge in [0, 0.05) is 0 Å². The van der Waals surface area contributed by atoms with Gasteiger partial charge in [0.25, 0.3) is 0 Å². The summed E-state index contributed by atoms with van der Waals surface area (Å²) in [6, 6.07) is 5.48. The van der Waals surface area contributed by atoms with Crippen LogP contribution in [0.4, 0.5) is 0 Å². The molecule has 14 nitrogen and oxygen atoms in total. The molecule has 0 radical (unpaired) electrons. The first-order valence-corrected chi connectivity index (χ1v) is 11.6. The Hall–Kier alpha value is -4.04. The Morgan fingerprint density at radius 2 is 0.737 bits per heavy atom. The fourth-order valence-electron chi connectivity index (χ4n) is 5.20. The van der Waals surface area contributed by atoms with Gasteiger partial charge in [-0.1, -0.05) is 12.1 Å². The highest BCUT2D eigenvalue weighted by molar-refractivity contribution is 6.01. The van der Waals surface area contributed by atoms with E-state index in [-0.39, 0.29) is 11.1 Å². The molecule has 2 saturated heterocycles. The Bertz CT molecular complexity index is 1050. The second-order valence-electron chi connectivity index (χ2n) is 9.30. The number of rotatable bonds is 6. The fraction of sp³-hybridized carbons (Fsp3) is 0.500. The third-order valence-corrected chi connectivity index (χ3v) is 7.30. The summed E-state index contributed by atoms with van der Waals surface area (Å²) < 4.78 is 9.95. The van der Waals surface area contributed by atoms with E-state index >= 15 is 0 Å². The van der Waals surface area contributed by atoms with E-state index in [4.69, 9.17) is 40.1 Å². The number of epoxide rings is 2. The first-order valence-electron chi connectivity index (χ1n) is 11.6. The molecule has 0 spiro atoms. The average molecular weight is 538 g/mol. The van der Waals surface area contributed by atoms with E-state index in [0.717, 1.165) is 25.7 Å². The highest BCUT2D eigenvalue weighted by Crippen LogP contribution is 2.58. The van der Waals surface area contributed by atoms with Crippen molar-refractivity contribution in [3.63, 3.8) is 0 Å². The number of hydrogen-bond acceptors (Lipinski definition) is 8. The standard InChI is InChI=1S/2C8H10O5.C8H6O4/c2*9-5(10)7-3-1-2-4-8(7,13-7)6(11)12;9-7(10)5-3-1-2-4-6(5)8(11)12/h2*1-4H2,(H,9,10)(H,11,12);1-4H,(H,9,10)(H,11,12). The molecule has 38 heavy (non-hydrogen) atoms. The van der Waals surface area contributed by atoms with Gasteiger partial charge in [0.1, 0.15) is 0 Å². The van der Waals surface area contributed by atoms with Crippen molar-refractivity contribution < 1.29 is 68.9 Å². The van der Waals surface area contributed by atoms with Crippen molar-refractivity contribution in [1.29, 1.82) is 0 Å². The maximum atomic E-state index is 10.8. The molecule has 4 unspecified atom stereocenters. The minimum absolute atomic E-state index is 0.190. The van der Waals surface area contributed by atoms with Gasteiger partial charge < -0.3 is 40.1 Å². The molecule has 2 heterocycles. The lowest BCUT2D eigenvalue weighted by atomic mass is 9.79. The van der Waals surface area contributed by atoms with Crippen LogP contribution in [0.2, 0.25) is 0 Å². The number of benzene rings is 1. The summed E-state index contributed by atoms with van der Waals surface area (Å²) >= 11 is 0. The van der Waals surface area contributed by atoms with E-state index in [9.17, 15) is 28.8 Å². The van der Waals surface area contributed by atoms with Gasteiger partial charge >= 0.3 is 35.8 Å². The van der Waals surface area contributed by atoms with Crippen molar-refractivity contribution in [3.8, 4) is 0 Å². The SMILES string of the molecule is O=C(O)C12CCCCC1(C(=O)O)O2.O=C(O)C12CCCCC1(C(=O)O)O2.O=C(O)c1ccccc1C(=O)O. The normalized spacial score (nSPS) is 31.8. The number of ether oxygens (including phenoxy) is 2. The number of aromatic carboxylic acids is 2. The second-order valence-corrected chi connectivity index (χ2v) is 9.30. The van der Waals surface area contributed by atoms with Gasteiger partial charge in [0.05, 0.1) is 11.1 Å². The highest BCUT2D eigenvalue weighted by Gasteiger charge is 2.81. The van der Waals surface area contributed by atoms with Crippen molar-refractivity contribution in [1.82, 2.24) is 0 Å². The number of carboxylic acid groups (broad SMARTS) is 6. The quantitative estimate of drug-likeness (QED) is 0.281. The molecule has 5 rings (SSSR count). The molecule has 2 saturated carbocycles. The van der Waals surface area contributed by atoms with Crippen LogP contribution in [0.1, 0.15) is 72.1 Å². The summed E-state index contributed by atoms with van der Waals surface area (Å²) in [7, 11) is 0. The molecule has 1 aromatic carbocycles. The Morgan fingerprint density at radius 3 is 0.921 bits per heavy atom. The summed E-state index contributed by atoms with van der Waals surface area (Å²) in [5, 5.41) is 52.6. The zero-order chi connectivity index (χ0) is 28.5. The van der Waals surface area contributed by atoms with Crippen LogP contribution in [-0.4, -0.2) is 88.9 Å². The molecular formula is C24H26O14. The number of carboxylic acids is 6. The van der Waals surface area contributed by atoms with Crippen LogP contribution in [0, 0.1) is 0 Å². The van der Waals surface area contributed by atoms with Crippen molar-refractivity contribution >= 4 is 35.8 Å². The van der Waals surface area contributed by atoms with Crippen LogP contribution in [0.3, 0.4) is 0 Å². The summed E-state index contributed by atoms with van der Waals surface area (Å²) in [5.74, 6) is -7.03. The Kier molecular flexibility index (Phi) is 7.52. The summed E-state index contributed by atoms with van der Waals surface area (Å²) in [5.41, 5.74) is -6.06. The third kappa shape index (κ3) is 4.45. The Morgan fingerprint density at radius 1 is 0.500 bits per heavy atom. The Balaban J connectivity index is 0.000000158. The minimum Gasteiger partial charge on any atom is -0.479 e. The molecule has 14 heteroatoms. The molecule has 4 fully saturated rings. The molecular weight excluding hydrogens is 512 g/mol. The van der Waals surface area contributed by atoms with E-state index in [0.29, 0.717) is 25.7 Å². The van der Waals surface area contributed by atoms with Gasteiger partial charge in [-0.15, -0.1) is 0 Å². The maximum Gasteiger partial charge on any atom is 0.339 e. The van der Waals surface area contributed by atoms with Crippen LogP contribution in [-0.2, 0) is 28.7 Å². The molecule has 2 aliphatic heterocycles. The van der Waals surface area contributed by atoms with Crippen LogP contribution in [0.15, 0.2) is 24.3 Å². The monoisotopic (exact) mass is 538 g/mol. The van der Waals surface area contributed by atoms with Gasteiger partial charge in [-0.25, -0.2) is 28.8 Å². The lowest BCUT2D eigenvalue weighted by molar-refractivity contribution is -0.147. The molecule has 1 aromatic rings. The van der Waals surface area contributed by atoms with Crippen molar-refractivity contribution in [3.05, 3.63) is 35.4 Å². The number of aliphatic carboxylic acids is 4. The molecule has 2 aliphatic carbocycles. The lowest BCUT2D eigenvalue weighted by Gasteiger charge is -2.17.